The predicted octanol–water partition coefficient (Wildman–Crippen LogP) is 1.55. The van der Waals surface area contributed by atoms with Crippen LogP contribution < -0.4 is 10.6 Å². The van der Waals surface area contributed by atoms with Crippen molar-refractivity contribution in [2.24, 2.45) is 4.99 Å². The topological polar surface area (TPSA) is 54.9 Å². The van der Waals surface area contributed by atoms with Gasteiger partial charge in [0.15, 0.2) is 5.96 Å². The lowest BCUT2D eigenvalue weighted by Crippen LogP contribution is -2.40. The smallest absolute Gasteiger partial charge is 0.191 e. The van der Waals surface area contributed by atoms with Crippen molar-refractivity contribution in [1.82, 2.24) is 10.6 Å². The van der Waals surface area contributed by atoms with Gasteiger partial charge in [0.05, 0.1) is 26.4 Å². The Labute approximate surface area is 126 Å². The molecule has 0 bridgehead atoms. The van der Waals surface area contributed by atoms with Gasteiger partial charge in [-0.15, -0.1) is 0 Å². The molecule has 0 atom stereocenters. The largest absolute Gasteiger partial charge is 0.382 e. The third-order valence-corrected chi connectivity index (χ3v) is 3.15. The van der Waals surface area contributed by atoms with Crippen LogP contribution in [0.4, 0.5) is 0 Å². The van der Waals surface area contributed by atoms with E-state index in [1.54, 1.807) is 7.11 Å². The molecule has 1 saturated carbocycles. The SMILES string of the molecule is COCCOCCNC(=NCc1ccccc1)NC1CC1. The van der Waals surface area contributed by atoms with Crippen LogP contribution in [0.1, 0.15) is 18.4 Å². The molecular formula is C16H25N3O2. The number of guanidine groups is 1. The lowest BCUT2D eigenvalue weighted by atomic mass is 10.2. The molecule has 5 nitrogen and oxygen atoms in total. The summed E-state index contributed by atoms with van der Waals surface area (Å²) in [7, 11) is 1.68. The lowest BCUT2D eigenvalue weighted by molar-refractivity contribution is 0.0733. The van der Waals surface area contributed by atoms with Gasteiger partial charge in [0.1, 0.15) is 0 Å². The van der Waals surface area contributed by atoms with E-state index in [4.69, 9.17) is 9.47 Å². The molecule has 2 N–H and O–H groups in total. The van der Waals surface area contributed by atoms with Gasteiger partial charge in [-0.1, -0.05) is 30.3 Å². The Hall–Kier alpha value is -1.59. The van der Waals surface area contributed by atoms with Crippen LogP contribution in [0.15, 0.2) is 35.3 Å². The number of aliphatic imine (C=N–C) groups is 1. The molecular weight excluding hydrogens is 266 g/mol. The van der Waals surface area contributed by atoms with Gasteiger partial charge in [0.25, 0.3) is 0 Å². The molecule has 0 heterocycles. The van der Waals surface area contributed by atoms with Crippen LogP contribution in [-0.4, -0.2) is 45.5 Å². The summed E-state index contributed by atoms with van der Waals surface area (Å²) in [6, 6.07) is 10.9. The number of methoxy groups -OCH3 is 1. The summed E-state index contributed by atoms with van der Waals surface area (Å²) >= 11 is 0. The Balaban J connectivity index is 1.71. The number of ether oxygens (including phenoxy) is 2. The van der Waals surface area contributed by atoms with E-state index in [2.05, 4.69) is 27.8 Å². The maximum absolute atomic E-state index is 5.44. The molecule has 1 aliphatic rings. The number of nitrogens with zero attached hydrogens (tertiary/aromatic N) is 1. The monoisotopic (exact) mass is 291 g/mol. The number of hydrogen-bond donors (Lipinski definition) is 2. The first-order valence-electron chi connectivity index (χ1n) is 7.54. The summed E-state index contributed by atoms with van der Waals surface area (Å²) in [5, 5.41) is 6.73. The van der Waals surface area contributed by atoms with E-state index in [1.807, 2.05) is 18.2 Å². The van der Waals surface area contributed by atoms with Crippen LogP contribution in [0.3, 0.4) is 0 Å². The van der Waals surface area contributed by atoms with E-state index in [9.17, 15) is 0 Å². The highest BCUT2D eigenvalue weighted by molar-refractivity contribution is 5.80. The maximum atomic E-state index is 5.44. The molecule has 1 fully saturated rings. The van der Waals surface area contributed by atoms with E-state index in [1.165, 1.54) is 18.4 Å². The minimum atomic E-state index is 0.585. The van der Waals surface area contributed by atoms with Crippen LogP contribution >= 0.6 is 0 Å². The molecule has 0 aromatic heterocycles. The molecule has 0 unspecified atom stereocenters. The van der Waals surface area contributed by atoms with Crippen molar-refractivity contribution in [3.05, 3.63) is 35.9 Å². The van der Waals surface area contributed by atoms with Crippen LogP contribution in [-0.2, 0) is 16.0 Å². The highest BCUT2D eigenvalue weighted by Gasteiger charge is 2.22. The van der Waals surface area contributed by atoms with Crippen molar-refractivity contribution in [3.8, 4) is 0 Å². The molecule has 1 aromatic rings. The molecule has 0 saturated heterocycles. The van der Waals surface area contributed by atoms with E-state index in [0.717, 1.165) is 12.5 Å². The van der Waals surface area contributed by atoms with Gasteiger partial charge in [0.2, 0.25) is 0 Å². The minimum absolute atomic E-state index is 0.585. The summed E-state index contributed by atoms with van der Waals surface area (Å²) in [4.78, 5) is 4.62. The summed E-state index contributed by atoms with van der Waals surface area (Å²) < 4.78 is 10.4. The van der Waals surface area contributed by atoms with Crippen LogP contribution in [0, 0.1) is 0 Å². The van der Waals surface area contributed by atoms with Crippen molar-refractivity contribution in [2.45, 2.75) is 25.4 Å². The summed E-state index contributed by atoms with van der Waals surface area (Å²) in [5.41, 5.74) is 1.21. The first-order chi connectivity index (χ1) is 10.4. The molecule has 116 valence electrons. The van der Waals surface area contributed by atoms with E-state index < -0.39 is 0 Å². The van der Waals surface area contributed by atoms with Crippen LogP contribution in [0.5, 0.6) is 0 Å². The normalized spacial score (nSPS) is 15.0. The summed E-state index contributed by atoms with van der Waals surface area (Å²) in [6.45, 7) is 3.35. The molecule has 0 amide bonds. The standard InChI is InChI=1S/C16H25N3O2/c1-20-11-12-21-10-9-17-16(19-15-7-8-15)18-13-14-5-3-2-4-6-14/h2-6,15H,7-13H2,1H3,(H2,17,18,19). The zero-order chi connectivity index (χ0) is 14.8. The average molecular weight is 291 g/mol. The minimum Gasteiger partial charge on any atom is -0.382 e. The molecule has 1 aromatic carbocycles. The van der Waals surface area contributed by atoms with Crippen molar-refractivity contribution in [1.29, 1.82) is 0 Å². The fourth-order valence-electron chi connectivity index (χ4n) is 1.81. The molecule has 21 heavy (non-hydrogen) atoms. The maximum Gasteiger partial charge on any atom is 0.191 e. The van der Waals surface area contributed by atoms with Gasteiger partial charge in [-0.25, -0.2) is 4.99 Å². The van der Waals surface area contributed by atoms with E-state index >= 15 is 0 Å². The van der Waals surface area contributed by atoms with Gasteiger partial charge in [-0.2, -0.15) is 0 Å². The highest BCUT2D eigenvalue weighted by atomic mass is 16.5. The fourth-order valence-corrected chi connectivity index (χ4v) is 1.81. The Bertz CT molecular complexity index is 419. The predicted molar refractivity (Wildman–Crippen MR) is 84.4 cm³/mol. The van der Waals surface area contributed by atoms with E-state index in [-0.39, 0.29) is 0 Å². The zero-order valence-electron chi connectivity index (χ0n) is 12.7. The third-order valence-electron chi connectivity index (χ3n) is 3.15. The van der Waals surface area contributed by atoms with Crippen LogP contribution in [0.25, 0.3) is 0 Å². The summed E-state index contributed by atoms with van der Waals surface area (Å²) in [5.74, 6) is 0.872. The first kappa shape index (κ1) is 15.8. The molecule has 2 rings (SSSR count). The number of benzene rings is 1. The second-order valence-electron chi connectivity index (χ2n) is 5.10. The van der Waals surface area contributed by atoms with Gasteiger partial charge >= 0.3 is 0 Å². The highest BCUT2D eigenvalue weighted by Crippen LogP contribution is 2.18. The Morgan fingerprint density at radius 3 is 2.71 bits per heavy atom. The van der Waals surface area contributed by atoms with Gasteiger partial charge in [-0.3, -0.25) is 0 Å². The van der Waals surface area contributed by atoms with Gasteiger partial charge < -0.3 is 20.1 Å². The molecule has 0 radical (unpaired) electrons. The molecule has 1 aliphatic carbocycles. The zero-order valence-corrected chi connectivity index (χ0v) is 12.7. The Morgan fingerprint density at radius 1 is 1.19 bits per heavy atom. The van der Waals surface area contributed by atoms with Gasteiger partial charge in [0, 0.05) is 19.7 Å². The number of rotatable bonds is 9. The Morgan fingerprint density at radius 2 is 2.00 bits per heavy atom. The lowest BCUT2D eigenvalue weighted by Gasteiger charge is -2.12. The average Bonchev–Trinajstić information content (AvgIpc) is 3.33. The summed E-state index contributed by atoms with van der Waals surface area (Å²) in [6.07, 6.45) is 2.47. The van der Waals surface area contributed by atoms with Crippen molar-refractivity contribution >= 4 is 5.96 Å². The van der Waals surface area contributed by atoms with E-state index in [0.29, 0.717) is 32.4 Å². The number of hydrogen-bond acceptors (Lipinski definition) is 3. The van der Waals surface area contributed by atoms with Crippen molar-refractivity contribution in [3.63, 3.8) is 0 Å². The fraction of sp³-hybridized carbons (Fsp3) is 0.562. The Kier molecular flexibility index (Phi) is 7.04. The molecule has 0 aliphatic heterocycles. The molecule has 0 spiro atoms. The second-order valence-corrected chi connectivity index (χ2v) is 5.10. The second kappa shape index (κ2) is 9.37. The number of nitrogens with one attached hydrogen (secondary N) is 2. The first-order valence-corrected chi connectivity index (χ1v) is 7.54. The third kappa shape index (κ3) is 7.11. The van der Waals surface area contributed by atoms with Gasteiger partial charge in [-0.05, 0) is 18.4 Å². The quantitative estimate of drug-likeness (QED) is 0.412. The van der Waals surface area contributed by atoms with Crippen LogP contribution in [0.2, 0.25) is 0 Å². The van der Waals surface area contributed by atoms with Crippen molar-refractivity contribution in [2.75, 3.05) is 33.5 Å². The van der Waals surface area contributed by atoms with Crippen molar-refractivity contribution < 1.29 is 9.47 Å². The molecule has 5 heteroatoms.